The number of aliphatic imine (C=N–C) groups is 1. The van der Waals surface area contributed by atoms with Crippen LogP contribution in [0.15, 0.2) is 102 Å². The molecule has 15 heteroatoms. The van der Waals surface area contributed by atoms with E-state index in [2.05, 4.69) is 26.0 Å². The summed E-state index contributed by atoms with van der Waals surface area (Å²) in [5.41, 5.74) is 1.20. The molecule has 1 atom stereocenters. The van der Waals surface area contributed by atoms with Crippen LogP contribution in [0.3, 0.4) is 0 Å². The standard InChI is InChI=1S/C35H40N8O7/c1-34(2,3)50-33(49)36-21-20-26(39-30(40-31(45)46)41-32(47)48)29(44)38-27-22-37-43(4)28(27)42-35(23-14-8-5-9-15-23,24-16-10-6-11-17-24)25-18-12-7-13-19-25/h5-19,22,26,42H,20-21H2,1-4H3,(H,36,49)(H,38,44)(H,45,46)(H,47,48)(H2,39,40,41)/t26-/m0/s1. The highest BCUT2D eigenvalue weighted by Crippen LogP contribution is 2.41. The molecule has 7 N–H and O–H groups in total. The zero-order valence-corrected chi connectivity index (χ0v) is 28.0. The van der Waals surface area contributed by atoms with E-state index in [9.17, 15) is 29.4 Å². The smallest absolute Gasteiger partial charge is 0.411 e. The molecule has 0 aliphatic heterocycles. The van der Waals surface area contributed by atoms with Crippen molar-refractivity contribution < 1.29 is 34.1 Å². The highest BCUT2D eigenvalue weighted by molar-refractivity contribution is 6.03. The van der Waals surface area contributed by atoms with Crippen LogP contribution in [-0.2, 0) is 22.1 Å². The lowest BCUT2D eigenvalue weighted by Gasteiger charge is -2.38. The number of guanidine groups is 1. The molecule has 0 fully saturated rings. The van der Waals surface area contributed by atoms with Crippen molar-refractivity contribution in [2.24, 2.45) is 12.0 Å². The molecule has 0 unspecified atom stereocenters. The fraction of sp³-hybridized carbons (Fsp3) is 0.257. The van der Waals surface area contributed by atoms with E-state index < -0.39 is 47.3 Å². The lowest BCUT2D eigenvalue weighted by molar-refractivity contribution is -0.117. The van der Waals surface area contributed by atoms with Gasteiger partial charge in [0.1, 0.15) is 28.7 Å². The predicted molar refractivity (Wildman–Crippen MR) is 187 cm³/mol. The summed E-state index contributed by atoms with van der Waals surface area (Å²) in [5.74, 6) is -1.03. The molecule has 4 aromatic rings. The maximum absolute atomic E-state index is 13.9. The number of anilines is 2. The van der Waals surface area contributed by atoms with Gasteiger partial charge in [-0.15, -0.1) is 0 Å². The number of carbonyl (C=O) groups excluding carboxylic acids is 2. The van der Waals surface area contributed by atoms with Gasteiger partial charge in [0.15, 0.2) is 0 Å². The number of ether oxygens (including phenoxy) is 1. The van der Waals surface area contributed by atoms with Gasteiger partial charge >= 0.3 is 18.3 Å². The van der Waals surface area contributed by atoms with Crippen molar-refractivity contribution in [1.29, 1.82) is 0 Å². The normalized spacial score (nSPS) is 11.8. The molecule has 15 nitrogen and oxygen atoms in total. The molecular formula is C35H40N8O7. The zero-order chi connectivity index (χ0) is 36.3. The van der Waals surface area contributed by atoms with Crippen LogP contribution in [0.2, 0.25) is 0 Å². The minimum absolute atomic E-state index is 0.124. The monoisotopic (exact) mass is 684 g/mol. The molecule has 3 aromatic carbocycles. The SMILES string of the molecule is Cn1ncc(NC(=O)[C@H](CCNC(=O)OC(C)(C)C)N=C(NC(=O)O)NC(=O)O)c1NC(c1ccccc1)(c1ccccc1)c1ccccc1. The van der Waals surface area contributed by atoms with E-state index in [-0.39, 0.29) is 18.7 Å². The van der Waals surface area contributed by atoms with Crippen LogP contribution in [-0.4, -0.2) is 68.3 Å². The molecule has 0 radical (unpaired) electrons. The van der Waals surface area contributed by atoms with Gasteiger partial charge in [-0.05, 0) is 43.9 Å². The number of carboxylic acid groups (broad SMARTS) is 2. The number of rotatable bonds is 11. The fourth-order valence-corrected chi connectivity index (χ4v) is 5.19. The van der Waals surface area contributed by atoms with E-state index in [0.717, 1.165) is 16.7 Å². The minimum Gasteiger partial charge on any atom is -0.465 e. The van der Waals surface area contributed by atoms with Gasteiger partial charge in [-0.1, -0.05) is 91.0 Å². The van der Waals surface area contributed by atoms with Crippen LogP contribution < -0.4 is 26.6 Å². The van der Waals surface area contributed by atoms with Gasteiger partial charge in [-0.25, -0.2) is 19.4 Å². The first-order valence-electron chi connectivity index (χ1n) is 15.6. The van der Waals surface area contributed by atoms with E-state index in [1.165, 1.54) is 6.20 Å². The van der Waals surface area contributed by atoms with E-state index in [1.54, 1.807) is 32.5 Å². The Hall–Kier alpha value is -6.38. The lowest BCUT2D eigenvalue weighted by atomic mass is 9.77. The Morgan fingerprint density at radius 2 is 1.30 bits per heavy atom. The molecule has 0 spiro atoms. The van der Waals surface area contributed by atoms with Crippen LogP contribution in [0.5, 0.6) is 0 Å². The number of nitrogens with one attached hydrogen (secondary N) is 5. The average Bonchev–Trinajstić information content (AvgIpc) is 3.40. The number of alkyl carbamates (subject to hydrolysis) is 1. The minimum atomic E-state index is -1.61. The summed E-state index contributed by atoms with van der Waals surface area (Å²) in [5, 5.41) is 35.6. The highest BCUT2D eigenvalue weighted by Gasteiger charge is 2.38. The highest BCUT2D eigenvalue weighted by atomic mass is 16.6. The number of amides is 4. The molecule has 1 aromatic heterocycles. The van der Waals surface area contributed by atoms with Gasteiger partial charge < -0.3 is 30.9 Å². The maximum atomic E-state index is 13.9. The van der Waals surface area contributed by atoms with Gasteiger partial charge in [0.05, 0.1) is 6.20 Å². The third-order valence-corrected chi connectivity index (χ3v) is 7.25. The average molecular weight is 685 g/mol. The molecule has 1 heterocycles. The first kappa shape index (κ1) is 36.5. The molecule has 4 amide bonds. The Morgan fingerprint density at radius 1 is 0.820 bits per heavy atom. The number of aryl methyl sites for hydroxylation is 1. The summed E-state index contributed by atoms with van der Waals surface area (Å²) in [7, 11) is 1.70. The molecule has 0 aliphatic rings. The van der Waals surface area contributed by atoms with Gasteiger partial charge in [-0.3, -0.25) is 20.1 Å². The Morgan fingerprint density at radius 3 is 1.74 bits per heavy atom. The van der Waals surface area contributed by atoms with E-state index in [0.29, 0.717) is 5.82 Å². The van der Waals surface area contributed by atoms with Gasteiger partial charge in [0.25, 0.3) is 0 Å². The molecule has 0 aliphatic carbocycles. The zero-order valence-electron chi connectivity index (χ0n) is 28.0. The van der Waals surface area contributed by atoms with Crippen molar-refractivity contribution in [2.75, 3.05) is 17.2 Å². The fourth-order valence-electron chi connectivity index (χ4n) is 5.19. The first-order chi connectivity index (χ1) is 23.8. The van der Waals surface area contributed by atoms with Crippen LogP contribution >= 0.6 is 0 Å². The summed E-state index contributed by atoms with van der Waals surface area (Å²) in [6, 6.07) is 28.0. The quantitative estimate of drug-likeness (QED) is 0.0648. The van der Waals surface area contributed by atoms with Crippen molar-refractivity contribution >= 4 is 41.7 Å². The first-order valence-corrected chi connectivity index (χ1v) is 15.6. The van der Waals surface area contributed by atoms with E-state index >= 15 is 0 Å². The summed E-state index contributed by atoms with van der Waals surface area (Å²) in [4.78, 5) is 53.0. The second-order valence-corrected chi connectivity index (χ2v) is 12.1. The molecule has 4 rings (SSSR count). The van der Waals surface area contributed by atoms with Crippen molar-refractivity contribution in [2.45, 2.75) is 44.4 Å². The van der Waals surface area contributed by atoms with Gasteiger partial charge in [-0.2, -0.15) is 5.10 Å². The number of carbonyl (C=O) groups is 4. The topological polar surface area (TPSA) is 208 Å². The van der Waals surface area contributed by atoms with Crippen LogP contribution in [0.25, 0.3) is 0 Å². The molecule has 50 heavy (non-hydrogen) atoms. The maximum Gasteiger partial charge on any atom is 0.411 e. The molecular weight excluding hydrogens is 644 g/mol. The van der Waals surface area contributed by atoms with Gasteiger partial charge in [0.2, 0.25) is 11.9 Å². The summed E-state index contributed by atoms with van der Waals surface area (Å²) >= 11 is 0. The number of benzene rings is 3. The molecule has 0 saturated carbocycles. The second kappa shape index (κ2) is 16.1. The predicted octanol–water partition coefficient (Wildman–Crippen LogP) is 4.94. The largest absolute Gasteiger partial charge is 0.465 e. The number of hydrogen-bond acceptors (Lipinski definition) is 8. The summed E-state index contributed by atoms with van der Waals surface area (Å²) in [6.07, 6.45) is -2.69. The third-order valence-electron chi connectivity index (χ3n) is 7.25. The Bertz CT molecular complexity index is 1690. The summed E-state index contributed by atoms with van der Waals surface area (Å²) in [6.45, 7) is 4.95. The van der Waals surface area contributed by atoms with Crippen molar-refractivity contribution in [3.05, 3.63) is 114 Å². The van der Waals surface area contributed by atoms with Crippen LogP contribution in [0.1, 0.15) is 43.9 Å². The van der Waals surface area contributed by atoms with Crippen LogP contribution in [0, 0.1) is 0 Å². The number of aromatic nitrogens is 2. The molecule has 0 bridgehead atoms. The number of hydrogen-bond donors (Lipinski definition) is 7. The second-order valence-electron chi connectivity index (χ2n) is 12.1. The van der Waals surface area contributed by atoms with Gasteiger partial charge in [0, 0.05) is 13.6 Å². The Balaban J connectivity index is 1.74. The van der Waals surface area contributed by atoms with Crippen LogP contribution in [0.4, 0.5) is 25.9 Å². The van der Waals surface area contributed by atoms with E-state index in [4.69, 9.17) is 4.74 Å². The Labute approximate surface area is 288 Å². The van der Waals surface area contributed by atoms with Crippen molar-refractivity contribution in [3.8, 4) is 0 Å². The third kappa shape index (κ3) is 9.59. The molecule has 262 valence electrons. The molecule has 0 saturated heterocycles. The van der Waals surface area contributed by atoms with E-state index in [1.807, 2.05) is 102 Å². The lowest BCUT2D eigenvalue weighted by Crippen LogP contribution is -2.45. The van der Waals surface area contributed by atoms with Crippen molar-refractivity contribution in [1.82, 2.24) is 25.7 Å². The Kier molecular flexibility index (Phi) is 11.8. The summed E-state index contributed by atoms with van der Waals surface area (Å²) < 4.78 is 6.81. The van der Waals surface area contributed by atoms with Crippen molar-refractivity contribution in [3.63, 3.8) is 0 Å². The number of nitrogens with zero attached hydrogens (tertiary/aromatic N) is 3.